The summed E-state index contributed by atoms with van der Waals surface area (Å²) in [6.45, 7) is 5.50. The average Bonchev–Trinajstić information content (AvgIpc) is 2.47. The number of carbonyl (C=O) groups is 2. The van der Waals surface area contributed by atoms with Gasteiger partial charge in [-0.3, -0.25) is 9.59 Å². The molecule has 0 saturated heterocycles. The number of pyridine rings is 1. The Hall–Kier alpha value is -2.69. The lowest BCUT2D eigenvalue weighted by Crippen LogP contribution is -2.27. The minimum Gasteiger partial charge on any atom is -0.326 e. The van der Waals surface area contributed by atoms with Crippen molar-refractivity contribution in [2.75, 3.05) is 10.6 Å². The molecule has 114 valence electrons. The van der Waals surface area contributed by atoms with Gasteiger partial charge in [0.1, 0.15) is 5.82 Å². The number of anilines is 2. The average molecular weight is 297 g/mol. The first-order valence-corrected chi connectivity index (χ1v) is 7.00. The molecule has 0 radical (unpaired) electrons. The van der Waals surface area contributed by atoms with Gasteiger partial charge >= 0.3 is 0 Å². The number of amides is 2. The summed E-state index contributed by atoms with van der Waals surface area (Å²) in [6, 6.07) is 12.1. The first kappa shape index (κ1) is 15.7. The first-order valence-electron chi connectivity index (χ1n) is 7.00. The lowest BCUT2D eigenvalue weighted by Gasteiger charge is -2.17. The normalized spacial score (nSPS) is 10.9. The van der Waals surface area contributed by atoms with Crippen LogP contribution in [0.5, 0.6) is 0 Å². The number of aromatic nitrogens is 1. The van der Waals surface area contributed by atoms with Crippen LogP contribution in [0.25, 0.3) is 0 Å². The molecule has 1 aromatic heterocycles. The van der Waals surface area contributed by atoms with Crippen molar-refractivity contribution in [1.29, 1.82) is 0 Å². The van der Waals surface area contributed by atoms with Crippen molar-refractivity contribution in [3.8, 4) is 0 Å². The van der Waals surface area contributed by atoms with Crippen molar-refractivity contribution in [2.24, 2.45) is 5.41 Å². The third kappa shape index (κ3) is 4.15. The van der Waals surface area contributed by atoms with Crippen molar-refractivity contribution in [2.45, 2.75) is 20.8 Å². The van der Waals surface area contributed by atoms with Crippen LogP contribution >= 0.6 is 0 Å². The van der Waals surface area contributed by atoms with Crippen LogP contribution in [0.2, 0.25) is 0 Å². The van der Waals surface area contributed by atoms with Crippen LogP contribution in [-0.4, -0.2) is 16.8 Å². The van der Waals surface area contributed by atoms with Crippen LogP contribution in [0.1, 0.15) is 31.1 Å². The molecule has 0 saturated carbocycles. The molecule has 2 amide bonds. The molecule has 0 aliphatic rings. The van der Waals surface area contributed by atoms with Gasteiger partial charge in [0, 0.05) is 22.9 Å². The molecule has 0 spiro atoms. The predicted molar refractivity (Wildman–Crippen MR) is 86.7 cm³/mol. The molecule has 0 aliphatic carbocycles. The predicted octanol–water partition coefficient (Wildman–Crippen LogP) is 3.32. The maximum absolute atomic E-state index is 12.2. The van der Waals surface area contributed by atoms with Crippen LogP contribution in [0.4, 0.5) is 11.5 Å². The van der Waals surface area contributed by atoms with Gasteiger partial charge in [0.05, 0.1) is 0 Å². The van der Waals surface area contributed by atoms with Gasteiger partial charge in [0.25, 0.3) is 5.91 Å². The number of nitrogens with one attached hydrogen (secondary N) is 2. The number of hydrogen-bond acceptors (Lipinski definition) is 3. The van der Waals surface area contributed by atoms with Gasteiger partial charge in [-0.15, -0.1) is 0 Å². The van der Waals surface area contributed by atoms with E-state index < -0.39 is 5.41 Å². The summed E-state index contributed by atoms with van der Waals surface area (Å²) in [5.74, 6) is 0.108. The van der Waals surface area contributed by atoms with Gasteiger partial charge in [-0.1, -0.05) is 32.9 Å². The molecule has 0 aliphatic heterocycles. The topological polar surface area (TPSA) is 71.1 Å². The molecule has 0 unspecified atom stereocenters. The molecular weight excluding hydrogens is 278 g/mol. The van der Waals surface area contributed by atoms with E-state index in [9.17, 15) is 9.59 Å². The maximum atomic E-state index is 12.2. The Morgan fingerprint density at radius 2 is 1.77 bits per heavy atom. The second-order valence-electron chi connectivity index (χ2n) is 5.95. The standard InChI is InChI=1S/C17H19N3O2/c1-17(2,3)16(22)19-13-8-6-7-12(11-13)15(21)20-14-9-4-5-10-18-14/h4-11H,1-3H3,(H,19,22)(H,18,20,21). The molecule has 2 N–H and O–H groups in total. The largest absolute Gasteiger partial charge is 0.326 e. The second kappa shape index (κ2) is 6.39. The zero-order chi connectivity index (χ0) is 16.2. The third-order valence-electron chi connectivity index (χ3n) is 2.97. The molecule has 1 aromatic carbocycles. The fraction of sp³-hybridized carbons (Fsp3) is 0.235. The minimum absolute atomic E-state index is 0.102. The van der Waals surface area contributed by atoms with Crippen LogP contribution in [0.3, 0.4) is 0 Å². The number of nitrogens with zero attached hydrogens (tertiary/aromatic N) is 1. The van der Waals surface area contributed by atoms with Crippen molar-refractivity contribution in [3.05, 3.63) is 54.2 Å². The third-order valence-corrected chi connectivity index (χ3v) is 2.97. The molecular formula is C17H19N3O2. The van der Waals surface area contributed by atoms with Crippen LogP contribution in [0.15, 0.2) is 48.7 Å². The molecule has 0 fully saturated rings. The van der Waals surface area contributed by atoms with E-state index in [0.29, 0.717) is 17.1 Å². The smallest absolute Gasteiger partial charge is 0.256 e. The minimum atomic E-state index is -0.494. The molecule has 2 rings (SSSR count). The molecule has 1 heterocycles. The molecule has 0 atom stereocenters. The van der Waals surface area contributed by atoms with Crippen molar-refractivity contribution >= 4 is 23.3 Å². The number of benzene rings is 1. The van der Waals surface area contributed by atoms with Gasteiger partial charge in [-0.05, 0) is 30.3 Å². The lowest BCUT2D eigenvalue weighted by atomic mass is 9.95. The Bertz CT molecular complexity index is 676. The lowest BCUT2D eigenvalue weighted by molar-refractivity contribution is -0.123. The highest BCUT2D eigenvalue weighted by Crippen LogP contribution is 2.18. The van der Waals surface area contributed by atoms with E-state index in [1.165, 1.54) is 0 Å². The van der Waals surface area contributed by atoms with Crippen molar-refractivity contribution in [3.63, 3.8) is 0 Å². The van der Waals surface area contributed by atoms with Gasteiger partial charge in [-0.25, -0.2) is 4.98 Å². The molecule has 0 bridgehead atoms. The second-order valence-corrected chi connectivity index (χ2v) is 5.95. The fourth-order valence-electron chi connectivity index (χ4n) is 1.68. The summed E-state index contributed by atoms with van der Waals surface area (Å²) in [5.41, 5.74) is 0.553. The number of carbonyl (C=O) groups excluding carboxylic acids is 2. The van der Waals surface area contributed by atoms with Crippen molar-refractivity contribution < 1.29 is 9.59 Å². The number of hydrogen-bond donors (Lipinski definition) is 2. The Labute approximate surface area is 129 Å². The monoisotopic (exact) mass is 297 g/mol. The fourth-order valence-corrected chi connectivity index (χ4v) is 1.68. The Kier molecular flexibility index (Phi) is 4.56. The summed E-state index contributed by atoms with van der Waals surface area (Å²) >= 11 is 0. The molecule has 22 heavy (non-hydrogen) atoms. The van der Waals surface area contributed by atoms with E-state index in [1.54, 1.807) is 48.7 Å². The van der Waals surface area contributed by atoms with Gasteiger partial charge in [0.2, 0.25) is 5.91 Å². The van der Waals surface area contributed by atoms with Gasteiger partial charge in [0.15, 0.2) is 0 Å². The first-order chi connectivity index (χ1) is 10.4. The molecule has 2 aromatic rings. The summed E-state index contributed by atoms with van der Waals surface area (Å²) in [7, 11) is 0. The Morgan fingerprint density at radius 3 is 2.41 bits per heavy atom. The van der Waals surface area contributed by atoms with Crippen LogP contribution < -0.4 is 10.6 Å². The Balaban J connectivity index is 2.11. The number of rotatable bonds is 3. The van der Waals surface area contributed by atoms with Crippen LogP contribution in [0, 0.1) is 5.41 Å². The summed E-state index contributed by atoms with van der Waals surface area (Å²) in [4.78, 5) is 28.2. The SMILES string of the molecule is CC(C)(C)C(=O)Nc1cccc(C(=O)Nc2ccccn2)c1. The van der Waals surface area contributed by atoms with Crippen LogP contribution in [-0.2, 0) is 4.79 Å². The zero-order valence-corrected chi connectivity index (χ0v) is 12.9. The highest BCUT2D eigenvalue weighted by atomic mass is 16.2. The molecule has 5 nitrogen and oxygen atoms in total. The quantitative estimate of drug-likeness (QED) is 0.913. The van der Waals surface area contributed by atoms with Crippen molar-refractivity contribution in [1.82, 2.24) is 4.98 Å². The van der Waals surface area contributed by atoms with Gasteiger partial charge < -0.3 is 10.6 Å². The van der Waals surface area contributed by atoms with E-state index in [-0.39, 0.29) is 11.8 Å². The highest BCUT2D eigenvalue weighted by molar-refractivity contribution is 6.05. The van der Waals surface area contributed by atoms with Gasteiger partial charge in [-0.2, -0.15) is 0 Å². The summed E-state index contributed by atoms with van der Waals surface area (Å²) in [6.07, 6.45) is 1.61. The Morgan fingerprint density at radius 1 is 1.00 bits per heavy atom. The van der Waals surface area contributed by atoms with E-state index in [2.05, 4.69) is 15.6 Å². The van der Waals surface area contributed by atoms with E-state index in [0.717, 1.165) is 0 Å². The highest BCUT2D eigenvalue weighted by Gasteiger charge is 2.21. The van der Waals surface area contributed by atoms with E-state index in [4.69, 9.17) is 0 Å². The van der Waals surface area contributed by atoms with E-state index in [1.807, 2.05) is 20.8 Å². The summed E-state index contributed by atoms with van der Waals surface area (Å²) < 4.78 is 0. The summed E-state index contributed by atoms with van der Waals surface area (Å²) in [5, 5.41) is 5.51. The maximum Gasteiger partial charge on any atom is 0.256 e. The zero-order valence-electron chi connectivity index (χ0n) is 12.9. The molecule has 5 heteroatoms. The van der Waals surface area contributed by atoms with E-state index >= 15 is 0 Å².